The topological polar surface area (TPSA) is 58.2 Å². The van der Waals surface area contributed by atoms with E-state index in [0.29, 0.717) is 0 Å². The number of carbonyl (C=O) groups is 2. The van der Waals surface area contributed by atoms with Crippen LogP contribution < -0.4 is 10.6 Å². The van der Waals surface area contributed by atoms with E-state index in [0.717, 1.165) is 12.8 Å². The Morgan fingerprint density at radius 1 is 1.09 bits per heavy atom. The van der Waals surface area contributed by atoms with Crippen LogP contribution in [-0.2, 0) is 4.79 Å². The number of amides is 2. The summed E-state index contributed by atoms with van der Waals surface area (Å²) in [5.41, 5.74) is -0.0523. The number of benzene rings is 1. The van der Waals surface area contributed by atoms with E-state index >= 15 is 0 Å². The first-order valence-electron chi connectivity index (χ1n) is 7.76. The van der Waals surface area contributed by atoms with Crippen molar-refractivity contribution in [3.05, 3.63) is 35.6 Å². The van der Waals surface area contributed by atoms with Crippen molar-refractivity contribution in [1.29, 1.82) is 0 Å². The highest BCUT2D eigenvalue weighted by molar-refractivity contribution is 5.97. The van der Waals surface area contributed by atoms with Gasteiger partial charge in [0.25, 0.3) is 5.91 Å². The molecule has 4 nitrogen and oxygen atoms in total. The van der Waals surface area contributed by atoms with E-state index in [9.17, 15) is 14.0 Å². The van der Waals surface area contributed by atoms with Crippen LogP contribution in [0.1, 0.15) is 50.9 Å². The second kappa shape index (κ2) is 8.51. The third-order valence-electron chi connectivity index (χ3n) is 3.69. The van der Waals surface area contributed by atoms with E-state index in [4.69, 9.17) is 0 Å². The van der Waals surface area contributed by atoms with Gasteiger partial charge in [-0.2, -0.15) is 0 Å². The molecule has 0 fully saturated rings. The molecule has 0 spiro atoms. The van der Waals surface area contributed by atoms with Crippen molar-refractivity contribution in [1.82, 2.24) is 10.6 Å². The third-order valence-corrected chi connectivity index (χ3v) is 3.69. The Morgan fingerprint density at radius 3 is 2.18 bits per heavy atom. The highest BCUT2D eigenvalue weighted by Crippen LogP contribution is 2.09. The Hall–Kier alpha value is -1.91. The first kappa shape index (κ1) is 18.1. The van der Waals surface area contributed by atoms with Gasteiger partial charge in [-0.25, -0.2) is 4.39 Å². The molecule has 0 aromatic heterocycles. The molecule has 0 heterocycles. The molecular weight excluding hydrogens is 283 g/mol. The normalized spacial score (nSPS) is 12.3. The quantitative estimate of drug-likeness (QED) is 0.813. The van der Waals surface area contributed by atoms with Crippen LogP contribution in [0.2, 0.25) is 0 Å². The smallest absolute Gasteiger partial charge is 0.254 e. The summed E-state index contributed by atoms with van der Waals surface area (Å²) in [4.78, 5) is 24.5. The van der Waals surface area contributed by atoms with Crippen LogP contribution in [0.15, 0.2) is 24.3 Å². The summed E-state index contributed by atoms with van der Waals surface area (Å²) in [6.45, 7) is 7.69. The van der Waals surface area contributed by atoms with E-state index in [1.54, 1.807) is 6.07 Å². The van der Waals surface area contributed by atoms with E-state index in [1.165, 1.54) is 18.2 Å². The van der Waals surface area contributed by atoms with Gasteiger partial charge in [0.1, 0.15) is 11.9 Å². The van der Waals surface area contributed by atoms with Crippen molar-refractivity contribution in [3.63, 3.8) is 0 Å². The lowest BCUT2D eigenvalue weighted by Crippen LogP contribution is -2.52. The van der Waals surface area contributed by atoms with Crippen molar-refractivity contribution < 1.29 is 14.0 Å². The summed E-state index contributed by atoms with van der Waals surface area (Å²) in [6.07, 6.45) is 1.66. The minimum Gasteiger partial charge on any atom is -0.352 e. The van der Waals surface area contributed by atoms with Gasteiger partial charge in [0, 0.05) is 6.04 Å². The number of nitrogens with one attached hydrogen (secondary N) is 2. The van der Waals surface area contributed by atoms with Crippen LogP contribution in [0.25, 0.3) is 0 Å². The van der Waals surface area contributed by atoms with Crippen molar-refractivity contribution in [2.75, 3.05) is 0 Å². The van der Waals surface area contributed by atoms with E-state index in [2.05, 4.69) is 10.6 Å². The molecule has 0 aliphatic heterocycles. The summed E-state index contributed by atoms with van der Waals surface area (Å²) < 4.78 is 13.7. The molecule has 0 saturated carbocycles. The maximum Gasteiger partial charge on any atom is 0.254 e. The van der Waals surface area contributed by atoms with Gasteiger partial charge in [-0.05, 0) is 30.9 Å². The predicted octanol–water partition coefficient (Wildman–Crippen LogP) is 2.88. The molecule has 122 valence electrons. The van der Waals surface area contributed by atoms with Gasteiger partial charge in [-0.1, -0.05) is 39.8 Å². The van der Waals surface area contributed by atoms with Crippen LogP contribution in [0.5, 0.6) is 0 Å². The van der Waals surface area contributed by atoms with Gasteiger partial charge >= 0.3 is 0 Å². The first-order valence-corrected chi connectivity index (χ1v) is 7.76. The molecule has 2 amide bonds. The highest BCUT2D eigenvalue weighted by atomic mass is 19.1. The Morgan fingerprint density at radius 2 is 1.68 bits per heavy atom. The van der Waals surface area contributed by atoms with E-state index < -0.39 is 17.8 Å². The Balaban J connectivity index is 2.82. The van der Waals surface area contributed by atoms with Crippen LogP contribution in [0, 0.1) is 11.7 Å². The zero-order valence-electron chi connectivity index (χ0n) is 13.7. The van der Waals surface area contributed by atoms with Crippen molar-refractivity contribution in [2.24, 2.45) is 5.92 Å². The molecule has 0 saturated heterocycles. The highest BCUT2D eigenvalue weighted by Gasteiger charge is 2.26. The minimum atomic E-state index is -0.687. The molecule has 0 aliphatic carbocycles. The lowest BCUT2D eigenvalue weighted by Gasteiger charge is -2.24. The Bertz CT molecular complexity index is 513. The van der Waals surface area contributed by atoms with Gasteiger partial charge in [0.15, 0.2) is 0 Å². The molecule has 1 aromatic carbocycles. The zero-order valence-corrected chi connectivity index (χ0v) is 13.7. The third kappa shape index (κ3) is 4.83. The number of halogens is 1. The van der Waals surface area contributed by atoms with E-state index in [1.807, 2.05) is 27.7 Å². The minimum absolute atomic E-state index is 0.0523. The molecule has 1 atom stereocenters. The number of carbonyl (C=O) groups excluding carboxylic acids is 2. The number of hydrogen-bond donors (Lipinski definition) is 2. The molecule has 0 unspecified atom stereocenters. The molecule has 0 bridgehead atoms. The molecule has 5 heteroatoms. The number of rotatable bonds is 7. The first-order chi connectivity index (χ1) is 10.4. The largest absolute Gasteiger partial charge is 0.352 e. The van der Waals surface area contributed by atoms with Crippen LogP contribution in [-0.4, -0.2) is 23.9 Å². The average molecular weight is 308 g/mol. The fourth-order valence-electron chi connectivity index (χ4n) is 2.18. The van der Waals surface area contributed by atoms with Gasteiger partial charge in [0.05, 0.1) is 5.56 Å². The Labute approximate surface area is 131 Å². The van der Waals surface area contributed by atoms with Crippen molar-refractivity contribution >= 4 is 11.8 Å². The summed E-state index contributed by atoms with van der Waals surface area (Å²) >= 11 is 0. The van der Waals surface area contributed by atoms with Crippen LogP contribution >= 0.6 is 0 Å². The second-order valence-corrected chi connectivity index (χ2v) is 5.70. The molecule has 0 radical (unpaired) electrons. The monoisotopic (exact) mass is 308 g/mol. The van der Waals surface area contributed by atoms with Gasteiger partial charge in [-0.15, -0.1) is 0 Å². The molecule has 2 N–H and O–H groups in total. The van der Waals surface area contributed by atoms with Crippen LogP contribution in [0.3, 0.4) is 0 Å². The lowest BCUT2D eigenvalue weighted by molar-refractivity contribution is -0.124. The summed E-state index contributed by atoms with van der Waals surface area (Å²) in [7, 11) is 0. The molecule has 22 heavy (non-hydrogen) atoms. The summed E-state index contributed by atoms with van der Waals surface area (Å²) in [5.74, 6) is -1.49. The van der Waals surface area contributed by atoms with Crippen molar-refractivity contribution in [2.45, 2.75) is 52.6 Å². The maximum absolute atomic E-state index is 13.7. The maximum atomic E-state index is 13.7. The fourth-order valence-corrected chi connectivity index (χ4v) is 2.18. The van der Waals surface area contributed by atoms with Crippen LogP contribution in [0.4, 0.5) is 4.39 Å². The predicted molar refractivity (Wildman–Crippen MR) is 85.0 cm³/mol. The molecule has 1 aromatic rings. The lowest BCUT2D eigenvalue weighted by atomic mass is 10.0. The fraction of sp³-hybridized carbons (Fsp3) is 0.529. The standard InChI is InChI=1S/C17H25FN2O2/c1-5-12(6-2)19-17(22)15(11(3)4)20-16(21)13-9-7-8-10-14(13)18/h7-12,15H,5-6H2,1-4H3,(H,19,22)(H,20,21)/t15-/m1/s1. The Kier molecular flexibility index (Phi) is 7.02. The van der Waals surface area contributed by atoms with E-state index in [-0.39, 0.29) is 23.4 Å². The average Bonchev–Trinajstić information content (AvgIpc) is 2.49. The van der Waals surface area contributed by atoms with Gasteiger partial charge in [-0.3, -0.25) is 9.59 Å². The van der Waals surface area contributed by atoms with Gasteiger partial charge in [0.2, 0.25) is 5.91 Å². The molecular formula is C17H25FN2O2. The van der Waals surface area contributed by atoms with Crippen molar-refractivity contribution in [3.8, 4) is 0 Å². The summed E-state index contributed by atoms with van der Waals surface area (Å²) in [6, 6.07) is 5.13. The number of hydrogen-bond acceptors (Lipinski definition) is 2. The SMILES string of the molecule is CCC(CC)NC(=O)[C@H](NC(=O)c1ccccc1F)C(C)C. The molecule has 1 rings (SSSR count). The molecule has 0 aliphatic rings. The second-order valence-electron chi connectivity index (χ2n) is 5.70. The summed E-state index contributed by atoms with van der Waals surface area (Å²) in [5, 5.41) is 5.56. The zero-order chi connectivity index (χ0) is 16.7. The van der Waals surface area contributed by atoms with Gasteiger partial charge < -0.3 is 10.6 Å².